The standard InChI is InChI=1S/C20H22F3N5O5/c1-19(24,32-18(31)20(21,22)23)17(30)33-28-14(8-7-13-5-3-2-4-6-13)9-10-16(29)27-15-11-25-26-12-15/h2-6,9-12,14,28H,7-8,24H2,1H3,(H,25,26)(H,27,29)/b10-9+/t14-,19-/m0/s1. The van der Waals surface area contributed by atoms with Crippen LogP contribution in [0.1, 0.15) is 18.9 Å². The number of nitrogens with two attached hydrogens (primary N) is 1. The normalized spacial score (nSPS) is 14.3. The van der Waals surface area contributed by atoms with Gasteiger partial charge in [-0.2, -0.15) is 18.3 Å². The molecule has 0 saturated heterocycles. The maximum Gasteiger partial charge on any atom is 0.491 e. The van der Waals surface area contributed by atoms with E-state index in [4.69, 9.17) is 10.6 Å². The molecule has 2 aromatic rings. The molecule has 1 aromatic heterocycles. The van der Waals surface area contributed by atoms with Gasteiger partial charge in [0.25, 0.3) is 5.72 Å². The molecule has 0 aliphatic heterocycles. The smallest absolute Gasteiger partial charge is 0.426 e. The highest BCUT2D eigenvalue weighted by Gasteiger charge is 2.47. The minimum absolute atomic E-state index is 0.330. The number of H-pyrrole nitrogens is 1. The van der Waals surface area contributed by atoms with Crippen LogP contribution in [0.5, 0.6) is 0 Å². The number of hydroxylamine groups is 1. The number of hydrogen-bond donors (Lipinski definition) is 4. The van der Waals surface area contributed by atoms with Gasteiger partial charge in [0, 0.05) is 19.2 Å². The van der Waals surface area contributed by atoms with Gasteiger partial charge in [-0.1, -0.05) is 36.4 Å². The second-order valence-corrected chi connectivity index (χ2v) is 6.97. The molecule has 0 bridgehead atoms. The second kappa shape index (κ2) is 11.2. The van der Waals surface area contributed by atoms with Crippen LogP contribution in [0.4, 0.5) is 18.9 Å². The van der Waals surface area contributed by atoms with Gasteiger partial charge in [0.2, 0.25) is 5.91 Å². The molecule has 1 heterocycles. The number of nitrogens with one attached hydrogen (secondary N) is 3. The SMILES string of the molecule is C[C@](N)(OC(=O)C(F)(F)F)C(=O)ON[C@H](/C=C/C(=O)Nc1cn[nH]c1)CCc1ccccc1. The Morgan fingerprint density at radius 2 is 1.91 bits per heavy atom. The van der Waals surface area contributed by atoms with Gasteiger partial charge in [0.05, 0.1) is 17.9 Å². The Morgan fingerprint density at radius 3 is 2.52 bits per heavy atom. The van der Waals surface area contributed by atoms with Crippen molar-refractivity contribution in [3.8, 4) is 0 Å². The minimum Gasteiger partial charge on any atom is -0.426 e. The largest absolute Gasteiger partial charge is 0.491 e. The van der Waals surface area contributed by atoms with Gasteiger partial charge in [-0.25, -0.2) is 9.59 Å². The third-order valence-electron chi connectivity index (χ3n) is 4.08. The molecule has 1 aromatic carbocycles. The zero-order valence-corrected chi connectivity index (χ0v) is 17.4. The summed E-state index contributed by atoms with van der Waals surface area (Å²) in [4.78, 5) is 39.9. The van der Waals surface area contributed by atoms with Crippen molar-refractivity contribution in [1.29, 1.82) is 0 Å². The maximum absolute atomic E-state index is 12.4. The quantitative estimate of drug-likeness (QED) is 0.178. The lowest BCUT2D eigenvalue weighted by Gasteiger charge is -2.24. The van der Waals surface area contributed by atoms with Crippen molar-refractivity contribution in [3.05, 3.63) is 60.4 Å². The number of carbonyl (C=O) groups is 3. The number of rotatable bonds is 10. The number of esters is 1. The maximum atomic E-state index is 12.4. The Balaban J connectivity index is 2.00. The predicted octanol–water partition coefficient (Wildman–Crippen LogP) is 1.73. The fourth-order valence-electron chi connectivity index (χ4n) is 2.39. The summed E-state index contributed by atoms with van der Waals surface area (Å²) in [5, 5.41) is 8.76. The van der Waals surface area contributed by atoms with Gasteiger partial charge in [-0.05, 0) is 18.4 Å². The molecule has 0 spiro atoms. The number of aromatic nitrogens is 2. The van der Waals surface area contributed by atoms with E-state index < -0.39 is 35.8 Å². The first-order valence-electron chi connectivity index (χ1n) is 9.55. The number of ether oxygens (including phenoxy) is 1. The average Bonchev–Trinajstić information content (AvgIpc) is 3.25. The molecule has 10 nitrogen and oxygen atoms in total. The lowest BCUT2D eigenvalue weighted by atomic mass is 10.1. The number of aromatic amines is 1. The molecule has 0 saturated carbocycles. The van der Waals surface area contributed by atoms with Gasteiger partial charge in [0.15, 0.2) is 0 Å². The van der Waals surface area contributed by atoms with E-state index in [1.54, 1.807) is 0 Å². The molecule has 0 radical (unpaired) electrons. The fraction of sp³-hybridized carbons (Fsp3) is 0.300. The van der Waals surface area contributed by atoms with Crippen LogP contribution in [0.3, 0.4) is 0 Å². The van der Waals surface area contributed by atoms with Crippen molar-refractivity contribution in [3.63, 3.8) is 0 Å². The number of benzene rings is 1. The number of anilines is 1. The Bertz CT molecular complexity index is 962. The van der Waals surface area contributed by atoms with Crippen molar-refractivity contribution in [2.75, 3.05) is 5.32 Å². The molecular weight excluding hydrogens is 447 g/mol. The molecular formula is C20H22F3N5O5. The molecule has 13 heteroatoms. The molecule has 5 N–H and O–H groups in total. The average molecular weight is 469 g/mol. The van der Waals surface area contributed by atoms with Gasteiger partial charge in [0.1, 0.15) is 0 Å². The van der Waals surface area contributed by atoms with E-state index >= 15 is 0 Å². The van der Waals surface area contributed by atoms with Crippen molar-refractivity contribution in [2.45, 2.75) is 37.7 Å². The number of aryl methyl sites for hydroxylation is 1. The lowest BCUT2D eigenvalue weighted by molar-refractivity contribution is -0.219. The van der Waals surface area contributed by atoms with Crippen molar-refractivity contribution < 1.29 is 37.1 Å². The van der Waals surface area contributed by atoms with Crippen LogP contribution >= 0.6 is 0 Å². The summed E-state index contributed by atoms with van der Waals surface area (Å²) in [6.07, 6.45) is 0.919. The van der Waals surface area contributed by atoms with E-state index in [1.807, 2.05) is 30.3 Å². The summed E-state index contributed by atoms with van der Waals surface area (Å²) in [6.45, 7) is 0.744. The highest BCUT2D eigenvalue weighted by atomic mass is 19.4. The van der Waals surface area contributed by atoms with Crippen LogP contribution in [0.25, 0.3) is 0 Å². The van der Waals surface area contributed by atoms with E-state index in [-0.39, 0.29) is 0 Å². The Kier molecular flexibility index (Phi) is 8.70. The Morgan fingerprint density at radius 1 is 1.21 bits per heavy atom. The number of carbonyl (C=O) groups excluding carboxylic acids is 3. The van der Waals surface area contributed by atoms with E-state index in [2.05, 4.69) is 25.7 Å². The molecule has 0 unspecified atom stereocenters. The van der Waals surface area contributed by atoms with Gasteiger partial charge in [-0.15, -0.1) is 5.48 Å². The lowest BCUT2D eigenvalue weighted by Crippen LogP contribution is -2.53. The van der Waals surface area contributed by atoms with Crippen LogP contribution in [0.15, 0.2) is 54.9 Å². The van der Waals surface area contributed by atoms with Gasteiger partial charge < -0.3 is 14.9 Å². The molecule has 33 heavy (non-hydrogen) atoms. The molecule has 1 amide bonds. The summed E-state index contributed by atoms with van der Waals surface area (Å²) in [7, 11) is 0. The first kappa shape index (κ1) is 25.5. The van der Waals surface area contributed by atoms with E-state index in [1.165, 1.54) is 24.5 Å². The number of nitrogens with zero attached hydrogens (tertiary/aromatic N) is 1. The summed E-state index contributed by atoms with van der Waals surface area (Å²) in [5.74, 6) is -4.61. The summed E-state index contributed by atoms with van der Waals surface area (Å²) < 4.78 is 41.1. The van der Waals surface area contributed by atoms with Crippen molar-refractivity contribution in [2.24, 2.45) is 5.73 Å². The molecule has 2 rings (SSSR count). The highest BCUT2D eigenvalue weighted by molar-refractivity contribution is 5.99. The topological polar surface area (TPSA) is 148 Å². The highest BCUT2D eigenvalue weighted by Crippen LogP contribution is 2.20. The number of alkyl halides is 3. The Labute approximate surface area is 186 Å². The third kappa shape index (κ3) is 8.74. The summed E-state index contributed by atoms with van der Waals surface area (Å²) >= 11 is 0. The minimum atomic E-state index is -5.34. The zero-order valence-electron chi connectivity index (χ0n) is 17.4. The molecule has 0 aliphatic rings. The number of amides is 1. The second-order valence-electron chi connectivity index (χ2n) is 6.97. The Hall–Kier alpha value is -3.71. The van der Waals surface area contributed by atoms with Crippen molar-refractivity contribution in [1.82, 2.24) is 15.7 Å². The summed E-state index contributed by atoms with van der Waals surface area (Å²) in [5.41, 5.74) is 6.37. The van der Waals surface area contributed by atoms with Crippen LogP contribution < -0.4 is 16.5 Å². The molecule has 0 fully saturated rings. The number of hydrogen-bond acceptors (Lipinski definition) is 8. The first-order chi connectivity index (χ1) is 15.5. The van der Waals surface area contributed by atoms with Gasteiger partial charge >= 0.3 is 18.1 Å². The predicted molar refractivity (Wildman–Crippen MR) is 109 cm³/mol. The third-order valence-corrected chi connectivity index (χ3v) is 4.08. The monoisotopic (exact) mass is 469 g/mol. The summed E-state index contributed by atoms with van der Waals surface area (Å²) in [6, 6.07) is 8.50. The van der Waals surface area contributed by atoms with Crippen molar-refractivity contribution >= 4 is 23.5 Å². The fourth-order valence-corrected chi connectivity index (χ4v) is 2.39. The van der Waals surface area contributed by atoms with Crippen LogP contribution in [0.2, 0.25) is 0 Å². The molecule has 0 aliphatic carbocycles. The molecule has 178 valence electrons. The van der Waals surface area contributed by atoms with Crippen LogP contribution in [-0.4, -0.2) is 46.0 Å². The van der Waals surface area contributed by atoms with E-state index in [9.17, 15) is 27.6 Å². The number of halogens is 3. The van der Waals surface area contributed by atoms with Gasteiger partial charge in [-0.3, -0.25) is 15.6 Å². The first-order valence-corrected chi connectivity index (χ1v) is 9.55. The molecule has 2 atom stereocenters. The zero-order chi connectivity index (χ0) is 24.5. The van der Waals surface area contributed by atoms with Crippen LogP contribution in [-0.2, 0) is 30.4 Å². The van der Waals surface area contributed by atoms with Crippen LogP contribution in [0, 0.1) is 0 Å². The van der Waals surface area contributed by atoms with E-state index in [0.29, 0.717) is 18.5 Å². The van der Waals surface area contributed by atoms with E-state index in [0.717, 1.165) is 12.5 Å².